The first-order chi connectivity index (χ1) is 11.9. The quantitative estimate of drug-likeness (QED) is 0.723. The highest BCUT2D eigenvalue weighted by molar-refractivity contribution is 5.81. The van der Waals surface area contributed by atoms with E-state index in [-0.39, 0.29) is 5.56 Å². The number of alkyl halides is 3. The molecular formula is C18H19F3N2O2. The second-order valence-corrected chi connectivity index (χ2v) is 6.37. The third-order valence-corrected chi connectivity index (χ3v) is 4.50. The molecule has 3 rings (SSSR count). The van der Waals surface area contributed by atoms with Gasteiger partial charge in [-0.2, -0.15) is 5.10 Å². The van der Waals surface area contributed by atoms with Gasteiger partial charge in [0.2, 0.25) is 0 Å². The van der Waals surface area contributed by atoms with Gasteiger partial charge in [-0.15, -0.1) is 13.2 Å². The molecule has 0 atom stereocenters. The van der Waals surface area contributed by atoms with E-state index in [1.54, 1.807) is 12.3 Å². The summed E-state index contributed by atoms with van der Waals surface area (Å²) < 4.78 is 43.3. The zero-order valence-electron chi connectivity index (χ0n) is 13.6. The highest BCUT2D eigenvalue weighted by Gasteiger charge is 2.32. The van der Waals surface area contributed by atoms with Crippen LogP contribution in [0.15, 0.2) is 30.6 Å². The molecule has 0 radical (unpaired) electrons. The van der Waals surface area contributed by atoms with Crippen LogP contribution in [-0.2, 0) is 6.54 Å². The van der Waals surface area contributed by atoms with Crippen molar-refractivity contribution in [2.45, 2.75) is 45.0 Å². The highest BCUT2D eigenvalue weighted by atomic mass is 19.4. The van der Waals surface area contributed by atoms with Crippen molar-refractivity contribution in [1.29, 1.82) is 0 Å². The Kier molecular flexibility index (Phi) is 5.11. The lowest BCUT2D eigenvalue weighted by atomic mass is 9.89. The standard InChI is InChI=1S/C18H19F3N2O2/c19-18(20,21)25-17-8-14(6-7-15(17)12-24)16-9-22-23(11-16)10-13-4-2-1-3-5-13/h6-9,11-13H,1-5,10H2. The van der Waals surface area contributed by atoms with E-state index in [2.05, 4.69) is 9.84 Å². The van der Waals surface area contributed by atoms with Crippen molar-refractivity contribution in [3.63, 3.8) is 0 Å². The summed E-state index contributed by atoms with van der Waals surface area (Å²) in [6.45, 7) is 0.818. The maximum absolute atomic E-state index is 12.5. The Morgan fingerprint density at radius 1 is 1.20 bits per heavy atom. The van der Waals surface area contributed by atoms with Crippen LogP contribution in [0.25, 0.3) is 11.1 Å². The van der Waals surface area contributed by atoms with Crippen LogP contribution in [-0.4, -0.2) is 22.4 Å². The first kappa shape index (κ1) is 17.5. The summed E-state index contributed by atoms with van der Waals surface area (Å²) in [5.74, 6) is 0.100. The Labute approximate surface area is 143 Å². The molecule has 2 aromatic rings. The average molecular weight is 352 g/mol. The van der Waals surface area contributed by atoms with E-state index >= 15 is 0 Å². The number of halogens is 3. The Bertz CT molecular complexity index is 734. The molecule has 0 saturated heterocycles. The lowest BCUT2D eigenvalue weighted by Crippen LogP contribution is -2.18. The Morgan fingerprint density at radius 3 is 2.64 bits per heavy atom. The van der Waals surface area contributed by atoms with Crippen molar-refractivity contribution in [2.75, 3.05) is 0 Å². The number of aldehydes is 1. The van der Waals surface area contributed by atoms with Gasteiger partial charge in [-0.05, 0) is 36.5 Å². The van der Waals surface area contributed by atoms with Crippen LogP contribution in [0.4, 0.5) is 13.2 Å². The minimum atomic E-state index is -4.85. The van der Waals surface area contributed by atoms with Crippen LogP contribution >= 0.6 is 0 Å². The molecule has 0 N–H and O–H groups in total. The summed E-state index contributed by atoms with van der Waals surface area (Å²) in [5, 5.41) is 4.32. The summed E-state index contributed by atoms with van der Waals surface area (Å²) in [6, 6.07) is 4.13. The van der Waals surface area contributed by atoms with Crippen LogP contribution in [0.3, 0.4) is 0 Å². The molecule has 0 spiro atoms. The van der Waals surface area contributed by atoms with E-state index in [1.165, 1.54) is 44.2 Å². The Morgan fingerprint density at radius 2 is 1.96 bits per heavy atom. The second kappa shape index (κ2) is 7.29. The third-order valence-electron chi connectivity index (χ3n) is 4.50. The fourth-order valence-corrected chi connectivity index (χ4v) is 3.27. The number of ether oxygens (including phenoxy) is 1. The maximum Gasteiger partial charge on any atom is 0.573 e. The molecule has 0 aliphatic heterocycles. The predicted octanol–water partition coefficient (Wildman–Crippen LogP) is 4.84. The molecule has 0 amide bonds. The van der Waals surface area contributed by atoms with Gasteiger partial charge < -0.3 is 4.74 Å². The van der Waals surface area contributed by atoms with E-state index in [9.17, 15) is 18.0 Å². The molecule has 25 heavy (non-hydrogen) atoms. The maximum atomic E-state index is 12.5. The molecule has 0 unspecified atom stereocenters. The van der Waals surface area contributed by atoms with Crippen molar-refractivity contribution >= 4 is 6.29 Å². The zero-order chi connectivity index (χ0) is 17.9. The highest BCUT2D eigenvalue weighted by Crippen LogP contribution is 2.31. The van der Waals surface area contributed by atoms with Gasteiger partial charge in [-0.25, -0.2) is 0 Å². The molecule has 1 aliphatic rings. The van der Waals surface area contributed by atoms with Crippen molar-refractivity contribution in [3.8, 4) is 16.9 Å². The van der Waals surface area contributed by atoms with E-state index in [1.807, 2.05) is 10.9 Å². The first-order valence-electron chi connectivity index (χ1n) is 8.32. The minimum Gasteiger partial charge on any atom is -0.405 e. The summed E-state index contributed by atoms with van der Waals surface area (Å²) >= 11 is 0. The monoisotopic (exact) mass is 352 g/mol. The van der Waals surface area contributed by atoms with E-state index < -0.39 is 12.1 Å². The van der Waals surface area contributed by atoms with Gasteiger partial charge >= 0.3 is 6.36 Å². The Hall–Kier alpha value is -2.31. The van der Waals surface area contributed by atoms with E-state index in [0.717, 1.165) is 6.54 Å². The zero-order valence-corrected chi connectivity index (χ0v) is 13.6. The second-order valence-electron chi connectivity index (χ2n) is 6.37. The Balaban J connectivity index is 1.79. The molecule has 1 saturated carbocycles. The molecule has 4 nitrogen and oxygen atoms in total. The van der Waals surface area contributed by atoms with Gasteiger partial charge in [0.15, 0.2) is 6.29 Å². The fourth-order valence-electron chi connectivity index (χ4n) is 3.27. The molecule has 1 heterocycles. The molecule has 134 valence electrons. The van der Waals surface area contributed by atoms with E-state index in [4.69, 9.17) is 0 Å². The summed E-state index contributed by atoms with van der Waals surface area (Å²) in [4.78, 5) is 10.9. The van der Waals surface area contributed by atoms with Crippen LogP contribution in [0.5, 0.6) is 5.75 Å². The van der Waals surface area contributed by atoms with Gasteiger partial charge in [0, 0.05) is 18.3 Å². The van der Waals surface area contributed by atoms with Crippen LogP contribution < -0.4 is 4.74 Å². The van der Waals surface area contributed by atoms with Gasteiger partial charge in [0.1, 0.15) is 5.75 Å². The molecular weight excluding hydrogens is 333 g/mol. The molecule has 0 bridgehead atoms. The van der Waals surface area contributed by atoms with Crippen molar-refractivity contribution in [2.24, 2.45) is 5.92 Å². The van der Waals surface area contributed by atoms with Crippen LogP contribution in [0, 0.1) is 5.92 Å². The van der Waals surface area contributed by atoms with Crippen molar-refractivity contribution in [1.82, 2.24) is 9.78 Å². The lowest BCUT2D eigenvalue weighted by Gasteiger charge is -2.21. The largest absolute Gasteiger partial charge is 0.573 e. The number of nitrogens with zero attached hydrogens (tertiary/aromatic N) is 2. The molecule has 1 aliphatic carbocycles. The lowest BCUT2D eigenvalue weighted by molar-refractivity contribution is -0.274. The smallest absolute Gasteiger partial charge is 0.405 e. The number of rotatable bonds is 5. The van der Waals surface area contributed by atoms with Crippen molar-refractivity contribution in [3.05, 3.63) is 36.2 Å². The number of hydrogen-bond acceptors (Lipinski definition) is 3. The summed E-state index contributed by atoms with van der Waals surface area (Å²) in [6.07, 6.45) is 5.08. The SMILES string of the molecule is O=Cc1ccc(-c2cnn(CC3CCCCC3)c2)cc1OC(F)(F)F. The predicted molar refractivity (Wildman–Crippen MR) is 86.3 cm³/mol. The molecule has 1 fully saturated rings. The number of carbonyl (C=O) groups is 1. The van der Waals surface area contributed by atoms with Crippen molar-refractivity contribution < 1.29 is 22.7 Å². The number of hydrogen-bond donors (Lipinski definition) is 0. The number of carbonyl (C=O) groups excluding carboxylic acids is 1. The van der Waals surface area contributed by atoms with Crippen LogP contribution in [0.1, 0.15) is 42.5 Å². The summed E-state index contributed by atoms with van der Waals surface area (Å²) in [5.41, 5.74) is 1.08. The summed E-state index contributed by atoms with van der Waals surface area (Å²) in [7, 11) is 0. The molecule has 1 aromatic carbocycles. The van der Waals surface area contributed by atoms with Gasteiger partial charge in [0.05, 0.1) is 11.8 Å². The average Bonchev–Trinajstić information content (AvgIpc) is 3.03. The molecule has 1 aromatic heterocycles. The van der Waals surface area contributed by atoms with Crippen LogP contribution in [0.2, 0.25) is 0 Å². The van der Waals surface area contributed by atoms with E-state index in [0.29, 0.717) is 23.3 Å². The van der Waals surface area contributed by atoms with Gasteiger partial charge in [-0.1, -0.05) is 25.3 Å². The topological polar surface area (TPSA) is 44.1 Å². The van der Waals surface area contributed by atoms with Gasteiger partial charge in [-0.3, -0.25) is 9.48 Å². The normalized spacial score (nSPS) is 16.0. The van der Waals surface area contributed by atoms with Gasteiger partial charge in [0.25, 0.3) is 0 Å². The number of aromatic nitrogens is 2. The fraction of sp³-hybridized carbons (Fsp3) is 0.444. The minimum absolute atomic E-state index is 0.143. The molecule has 7 heteroatoms. The third kappa shape index (κ3) is 4.61. The first-order valence-corrected chi connectivity index (χ1v) is 8.32. The number of benzene rings is 1.